The summed E-state index contributed by atoms with van der Waals surface area (Å²) < 4.78 is 35.3. The molecule has 0 bridgehead atoms. The molecule has 7 nitrogen and oxygen atoms in total. The molecule has 0 N–H and O–H groups in total. The number of rotatable bonds is 13. The van der Waals surface area contributed by atoms with Crippen molar-refractivity contribution >= 4 is 27.6 Å². The molecule has 37 heavy (non-hydrogen) atoms. The summed E-state index contributed by atoms with van der Waals surface area (Å²) in [4.78, 5) is 17.4. The molecular formula is C28H30N2O5S2. The Hall–Kier alpha value is -3.19. The second-order valence-corrected chi connectivity index (χ2v) is 11.6. The van der Waals surface area contributed by atoms with E-state index in [1.54, 1.807) is 0 Å². The molecule has 1 aromatic heterocycles. The SMILES string of the molecule is CCCCS(=O)(=O)CC(COC)OC(=O)CSc1nc(-c2ccccc2)cc(-c2ccccc2)c1C#N. The van der Waals surface area contributed by atoms with Crippen molar-refractivity contribution in [3.8, 4) is 28.5 Å². The zero-order valence-electron chi connectivity index (χ0n) is 20.9. The highest BCUT2D eigenvalue weighted by atomic mass is 32.2. The summed E-state index contributed by atoms with van der Waals surface area (Å²) in [6.07, 6.45) is 0.404. The van der Waals surface area contributed by atoms with Crippen molar-refractivity contribution < 1.29 is 22.7 Å². The summed E-state index contributed by atoms with van der Waals surface area (Å²) in [5.41, 5.74) is 3.49. The van der Waals surface area contributed by atoms with Gasteiger partial charge < -0.3 is 9.47 Å². The van der Waals surface area contributed by atoms with E-state index in [1.807, 2.05) is 73.7 Å². The second-order valence-electron chi connectivity index (χ2n) is 8.40. The van der Waals surface area contributed by atoms with Crippen LogP contribution in [0.25, 0.3) is 22.4 Å². The van der Waals surface area contributed by atoms with Gasteiger partial charge in [-0.25, -0.2) is 13.4 Å². The molecule has 0 saturated heterocycles. The van der Waals surface area contributed by atoms with Crippen LogP contribution in [0.4, 0.5) is 0 Å². The molecule has 0 aliphatic rings. The molecule has 1 heterocycles. The van der Waals surface area contributed by atoms with Crippen LogP contribution in [-0.2, 0) is 24.1 Å². The van der Waals surface area contributed by atoms with Crippen molar-refractivity contribution in [1.29, 1.82) is 5.26 Å². The number of methoxy groups -OCH3 is 1. The van der Waals surface area contributed by atoms with E-state index in [-0.39, 0.29) is 23.9 Å². The van der Waals surface area contributed by atoms with Crippen LogP contribution in [0.2, 0.25) is 0 Å². The fourth-order valence-corrected chi connectivity index (χ4v) is 6.13. The minimum absolute atomic E-state index is 0.0227. The fraction of sp³-hybridized carbons (Fsp3) is 0.321. The Balaban J connectivity index is 1.84. The zero-order valence-corrected chi connectivity index (χ0v) is 22.6. The van der Waals surface area contributed by atoms with Crippen LogP contribution in [0.1, 0.15) is 25.3 Å². The highest BCUT2D eigenvalue weighted by Crippen LogP contribution is 2.34. The summed E-state index contributed by atoms with van der Waals surface area (Å²) in [7, 11) is -1.95. The molecule has 1 unspecified atom stereocenters. The maximum absolute atomic E-state index is 12.7. The number of nitriles is 1. The van der Waals surface area contributed by atoms with Gasteiger partial charge in [-0.3, -0.25) is 4.79 Å². The Morgan fingerprint density at radius 3 is 2.32 bits per heavy atom. The van der Waals surface area contributed by atoms with E-state index in [1.165, 1.54) is 7.11 Å². The minimum Gasteiger partial charge on any atom is -0.458 e. The molecular weight excluding hydrogens is 508 g/mol. The van der Waals surface area contributed by atoms with E-state index < -0.39 is 21.9 Å². The van der Waals surface area contributed by atoms with Crippen LogP contribution in [0.3, 0.4) is 0 Å². The molecule has 0 amide bonds. The Kier molecular flexibility index (Phi) is 10.7. The average Bonchev–Trinajstić information content (AvgIpc) is 2.91. The number of ether oxygens (including phenoxy) is 2. The second kappa shape index (κ2) is 13.9. The van der Waals surface area contributed by atoms with E-state index >= 15 is 0 Å². The van der Waals surface area contributed by atoms with Gasteiger partial charge in [-0.05, 0) is 18.1 Å². The topological polar surface area (TPSA) is 106 Å². The molecule has 1 atom stereocenters. The normalized spacial score (nSPS) is 12.0. The Labute approximate surface area is 222 Å². The molecule has 3 rings (SSSR count). The van der Waals surface area contributed by atoms with E-state index in [9.17, 15) is 18.5 Å². The first kappa shape index (κ1) is 28.4. The van der Waals surface area contributed by atoms with E-state index in [4.69, 9.17) is 14.5 Å². The average molecular weight is 539 g/mol. The lowest BCUT2D eigenvalue weighted by atomic mass is 9.99. The number of thioether (sulfide) groups is 1. The Morgan fingerprint density at radius 2 is 1.73 bits per heavy atom. The van der Waals surface area contributed by atoms with Crippen LogP contribution < -0.4 is 0 Å². The third-order valence-corrected chi connectivity index (χ3v) is 8.22. The van der Waals surface area contributed by atoms with E-state index in [0.29, 0.717) is 28.3 Å². The number of hydrogen-bond donors (Lipinski definition) is 0. The van der Waals surface area contributed by atoms with Gasteiger partial charge in [0.15, 0.2) is 9.84 Å². The van der Waals surface area contributed by atoms with Gasteiger partial charge >= 0.3 is 5.97 Å². The van der Waals surface area contributed by atoms with E-state index in [2.05, 4.69) is 6.07 Å². The number of pyridine rings is 1. The number of hydrogen-bond acceptors (Lipinski definition) is 8. The van der Waals surface area contributed by atoms with E-state index in [0.717, 1.165) is 29.3 Å². The van der Waals surface area contributed by atoms with Gasteiger partial charge in [-0.15, -0.1) is 0 Å². The molecule has 0 saturated carbocycles. The number of esters is 1. The Bertz CT molecular complexity index is 1320. The lowest BCUT2D eigenvalue weighted by molar-refractivity contribution is -0.146. The van der Waals surface area contributed by atoms with Crippen LogP contribution in [0, 0.1) is 11.3 Å². The fourth-order valence-electron chi connectivity index (χ4n) is 3.72. The molecule has 194 valence electrons. The highest BCUT2D eigenvalue weighted by Gasteiger charge is 2.23. The van der Waals surface area contributed by atoms with Gasteiger partial charge in [0, 0.05) is 18.2 Å². The summed E-state index contributed by atoms with van der Waals surface area (Å²) in [6.45, 7) is 1.89. The third-order valence-electron chi connectivity index (χ3n) is 5.48. The van der Waals surface area contributed by atoms with Gasteiger partial charge in [0.1, 0.15) is 17.2 Å². The third kappa shape index (κ3) is 8.42. The predicted octanol–water partition coefficient (Wildman–Crippen LogP) is 5.15. The van der Waals surface area contributed by atoms with Crippen LogP contribution in [0.15, 0.2) is 71.8 Å². The molecule has 3 aromatic rings. The van der Waals surface area contributed by atoms with Crippen molar-refractivity contribution in [2.75, 3.05) is 31.0 Å². The molecule has 2 aromatic carbocycles. The largest absolute Gasteiger partial charge is 0.458 e. The Morgan fingerprint density at radius 1 is 1.08 bits per heavy atom. The van der Waals surface area contributed by atoms with Crippen molar-refractivity contribution in [1.82, 2.24) is 4.98 Å². The van der Waals surface area contributed by atoms with Gasteiger partial charge in [0.05, 0.1) is 35.1 Å². The molecule has 9 heteroatoms. The number of carbonyl (C=O) groups is 1. The quantitative estimate of drug-likeness (QED) is 0.217. The summed E-state index contributed by atoms with van der Waals surface area (Å²) in [5, 5.41) is 10.4. The minimum atomic E-state index is -3.38. The van der Waals surface area contributed by atoms with Crippen LogP contribution >= 0.6 is 11.8 Å². The van der Waals surface area contributed by atoms with Crippen LogP contribution in [0.5, 0.6) is 0 Å². The maximum atomic E-state index is 12.7. The molecule has 0 aliphatic carbocycles. The van der Waals surface area contributed by atoms with Gasteiger partial charge in [0.2, 0.25) is 0 Å². The zero-order chi connectivity index (χ0) is 26.7. The summed E-state index contributed by atoms with van der Waals surface area (Å²) in [6, 6.07) is 23.2. The summed E-state index contributed by atoms with van der Waals surface area (Å²) >= 11 is 1.09. The molecule has 0 fully saturated rings. The monoisotopic (exact) mass is 538 g/mol. The number of carbonyl (C=O) groups excluding carboxylic acids is 1. The maximum Gasteiger partial charge on any atom is 0.316 e. The standard InChI is InChI=1S/C28H30N2O5S2/c1-3-4-15-37(32,33)20-23(18-34-2)35-27(31)19-36-28-25(17-29)24(21-11-7-5-8-12-21)16-26(30-28)22-13-9-6-10-14-22/h5-14,16,23H,3-4,15,18-20H2,1-2H3. The lowest BCUT2D eigenvalue weighted by Gasteiger charge is -2.17. The van der Waals surface area contributed by atoms with Crippen molar-refractivity contribution in [3.63, 3.8) is 0 Å². The summed E-state index contributed by atoms with van der Waals surface area (Å²) in [5.74, 6) is -0.987. The smallest absolute Gasteiger partial charge is 0.316 e. The van der Waals surface area contributed by atoms with Gasteiger partial charge in [0.25, 0.3) is 0 Å². The van der Waals surface area contributed by atoms with Gasteiger partial charge in [-0.2, -0.15) is 5.26 Å². The highest BCUT2D eigenvalue weighted by molar-refractivity contribution is 8.00. The first-order valence-electron chi connectivity index (χ1n) is 11.9. The van der Waals surface area contributed by atoms with Gasteiger partial charge in [-0.1, -0.05) is 85.8 Å². The number of aromatic nitrogens is 1. The molecule has 0 radical (unpaired) electrons. The number of unbranched alkanes of at least 4 members (excludes halogenated alkanes) is 1. The van der Waals surface area contributed by atoms with Crippen LogP contribution in [-0.4, -0.2) is 56.5 Å². The first-order valence-corrected chi connectivity index (χ1v) is 14.7. The molecule has 0 spiro atoms. The van der Waals surface area contributed by atoms with Crippen molar-refractivity contribution in [2.45, 2.75) is 30.9 Å². The van der Waals surface area contributed by atoms with Crippen molar-refractivity contribution in [2.24, 2.45) is 0 Å². The first-order chi connectivity index (χ1) is 17.9. The number of nitrogens with zero attached hydrogens (tertiary/aromatic N) is 2. The number of sulfone groups is 1. The van der Waals surface area contributed by atoms with Crippen molar-refractivity contribution in [3.05, 3.63) is 72.3 Å². The molecule has 0 aliphatic heterocycles. The lowest BCUT2D eigenvalue weighted by Crippen LogP contribution is -2.32. The number of benzene rings is 2. The predicted molar refractivity (Wildman–Crippen MR) is 146 cm³/mol.